The largest absolute Gasteiger partial charge is 0.497 e. The Morgan fingerprint density at radius 2 is 1.78 bits per heavy atom. The molecule has 8 heteroatoms. The average Bonchev–Trinajstić information content (AvgIpc) is 2.67. The molecule has 3 rings (SSSR count). The summed E-state index contributed by atoms with van der Waals surface area (Å²) in [5.74, 6) is 0.457. The Labute approximate surface area is 160 Å². The van der Waals surface area contributed by atoms with E-state index in [1.165, 1.54) is 13.2 Å². The number of halogens is 4. The number of rotatable bonds is 3. The van der Waals surface area contributed by atoms with Crippen molar-refractivity contribution in [3.63, 3.8) is 0 Å². The van der Waals surface area contributed by atoms with E-state index >= 15 is 0 Å². The van der Waals surface area contributed by atoms with E-state index in [9.17, 15) is 18.0 Å². The van der Waals surface area contributed by atoms with Crippen LogP contribution in [0.3, 0.4) is 0 Å². The fraction of sp³-hybridized carbons (Fsp3) is 0.316. The number of nitrogens with zero attached hydrogens (tertiary/aromatic N) is 2. The Hall–Kier alpha value is -2.41. The molecule has 0 unspecified atom stereocenters. The second-order valence-electron chi connectivity index (χ2n) is 6.18. The maximum atomic E-state index is 13.0. The molecule has 2 aromatic carbocycles. The first kappa shape index (κ1) is 19.4. The number of ether oxygens (including phenoxy) is 1. The van der Waals surface area contributed by atoms with E-state index in [1.54, 1.807) is 34.1 Å². The van der Waals surface area contributed by atoms with Crippen LogP contribution in [-0.4, -0.2) is 44.1 Å². The number of piperazine rings is 1. The summed E-state index contributed by atoms with van der Waals surface area (Å²) in [5.41, 5.74) is 0.108. The number of carbonyl (C=O) groups is 1. The molecule has 1 saturated heterocycles. The van der Waals surface area contributed by atoms with Crippen LogP contribution in [0.2, 0.25) is 5.02 Å². The van der Waals surface area contributed by atoms with Crippen molar-refractivity contribution < 1.29 is 22.7 Å². The fourth-order valence-electron chi connectivity index (χ4n) is 3.02. The van der Waals surface area contributed by atoms with Gasteiger partial charge in [0.15, 0.2) is 0 Å². The highest BCUT2D eigenvalue weighted by Crippen LogP contribution is 2.35. The lowest BCUT2D eigenvalue weighted by molar-refractivity contribution is -0.137. The van der Waals surface area contributed by atoms with Gasteiger partial charge in [0.25, 0.3) is 5.91 Å². The van der Waals surface area contributed by atoms with Gasteiger partial charge in [0.2, 0.25) is 0 Å². The summed E-state index contributed by atoms with van der Waals surface area (Å²) in [6, 6.07) is 10.2. The van der Waals surface area contributed by atoms with Crippen LogP contribution in [0.15, 0.2) is 42.5 Å². The van der Waals surface area contributed by atoms with E-state index in [-0.39, 0.29) is 10.9 Å². The Morgan fingerprint density at radius 3 is 2.41 bits per heavy atom. The average molecular weight is 399 g/mol. The maximum Gasteiger partial charge on any atom is 0.416 e. The normalized spacial score (nSPS) is 15.0. The minimum Gasteiger partial charge on any atom is -0.497 e. The van der Waals surface area contributed by atoms with Gasteiger partial charge in [-0.2, -0.15) is 13.2 Å². The SMILES string of the molecule is COc1cccc(C(=O)N2CCN(c3cc(C(F)(F)F)ccc3Cl)CC2)c1. The molecule has 1 heterocycles. The number of carbonyl (C=O) groups excluding carboxylic acids is 1. The summed E-state index contributed by atoms with van der Waals surface area (Å²) in [4.78, 5) is 16.1. The molecule has 0 N–H and O–H groups in total. The van der Waals surface area contributed by atoms with Gasteiger partial charge in [-0.1, -0.05) is 17.7 Å². The third-order valence-corrected chi connectivity index (χ3v) is 4.82. The molecule has 1 fully saturated rings. The van der Waals surface area contributed by atoms with Gasteiger partial charge in [-0.15, -0.1) is 0 Å². The molecule has 0 saturated carbocycles. The van der Waals surface area contributed by atoms with E-state index in [1.807, 2.05) is 0 Å². The topological polar surface area (TPSA) is 32.8 Å². The Balaban J connectivity index is 1.71. The van der Waals surface area contributed by atoms with Crippen molar-refractivity contribution in [2.75, 3.05) is 38.2 Å². The van der Waals surface area contributed by atoms with Crippen molar-refractivity contribution in [3.05, 3.63) is 58.6 Å². The molecule has 4 nitrogen and oxygen atoms in total. The van der Waals surface area contributed by atoms with Gasteiger partial charge < -0.3 is 14.5 Å². The third-order valence-electron chi connectivity index (χ3n) is 4.50. The minimum atomic E-state index is -4.43. The standard InChI is InChI=1S/C19H18ClF3N2O2/c1-27-15-4-2-3-13(11-15)18(26)25-9-7-24(8-10-25)17-12-14(19(21,22)23)5-6-16(17)20/h2-6,11-12H,7-10H2,1H3. The number of benzene rings is 2. The van der Waals surface area contributed by atoms with Gasteiger partial charge in [-0.05, 0) is 36.4 Å². The lowest BCUT2D eigenvalue weighted by atomic mass is 10.1. The number of hydrogen-bond acceptors (Lipinski definition) is 3. The van der Waals surface area contributed by atoms with Crippen molar-refractivity contribution in [3.8, 4) is 5.75 Å². The summed E-state index contributed by atoms with van der Waals surface area (Å²) < 4.78 is 44.0. The molecule has 2 aromatic rings. The third kappa shape index (κ3) is 4.30. The zero-order chi connectivity index (χ0) is 19.6. The highest BCUT2D eigenvalue weighted by molar-refractivity contribution is 6.33. The van der Waals surface area contributed by atoms with Crippen LogP contribution in [0.5, 0.6) is 5.75 Å². The zero-order valence-corrected chi connectivity index (χ0v) is 15.3. The van der Waals surface area contributed by atoms with Gasteiger partial charge in [0, 0.05) is 31.7 Å². The van der Waals surface area contributed by atoms with E-state index in [0.29, 0.717) is 43.2 Å². The molecular weight excluding hydrogens is 381 g/mol. The fourth-order valence-corrected chi connectivity index (χ4v) is 3.26. The lowest BCUT2D eigenvalue weighted by Crippen LogP contribution is -2.49. The number of alkyl halides is 3. The molecule has 1 aliphatic rings. The van der Waals surface area contributed by atoms with Crippen LogP contribution in [0, 0.1) is 0 Å². The summed E-state index contributed by atoms with van der Waals surface area (Å²) in [5, 5.41) is 0.260. The smallest absolute Gasteiger partial charge is 0.416 e. The van der Waals surface area contributed by atoms with Crippen LogP contribution < -0.4 is 9.64 Å². The summed E-state index contributed by atoms with van der Waals surface area (Å²) in [7, 11) is 1.53. The van der Waals surface area contributed by atoms with Gasteiger partial charge >= 0.3 is 6.18 Å². The van der Waals surface area contributed by atoms with Crippen LogP contribution in [-0.2, 0) is 6.18 Å². The van der Waals surface area contributed by atoms with Crippen molar-refractivity contribution in [1.29, 1.82) is 0 Å². The maximum absolute atomic E-state index is 13.0. The van der Waals surface area contributed by atoms with E-state index < -0.39 is 11.7 Å². The first-order valence-electron chi connectivity index (χ1n) is 8.34. The molecule has 0 spiro atoms. The monoisotopic (exact) mass is 398 g/mol. The first-order valence-corrected chi connectivity index (χ1v) is 8.72. The molecule has 0 aliphatic carbocycles. The summed E-state index contributed by atoms with van der Waals surface area (Å²) >= 11 is 6.10. The Bertz CT molecular complexity index is 834. The minimum absolute atomic E-state index is 0.135. The molecular formula is C19H18ClF3N2O2. The quantitative estimate of drug-likeness (QED) is 0.771. The van der Waals surface area contributed by atoms with Gasteiger partial charge in [-0.25, -0.2) is 0 Å². The van der Waals surface area contributed by atoms with Crippen molar-refractivity contribution in [2.24, 2.45) is 0 Å². The summed E-state index contributed by atoms with van der Waals surface area (Å²) in [6.45, 7) is 1.58. The molecule has 1 aliphatic heterocycles. The van der Waals surface area contributed by atoms with Gasteiger partial charge in [-0.3, -0.25) is 4.79 Å². The van der Waals surface area contributed by atoms with Gasteiger partial charge in [0.05, 0.1) is 23.4 Å². The second kappa shape index (κ2) is 7.68. The second-order valence-corrected chi connectivity index (χ2v) is 6.58. The van der Waals surface area contributed by atoms with E-state index in [4.69, 9.17) is 16.3 Å². The molecule has 0 radical (unpaired) electrons. The van der Waals surface area contributed by atoms with Crippen LogP contribution in [0.1, 0.15) is 15.9 Å². The molecule has 1 amide bonds. The van der Waals surface area contributed by atoms with Crippen molar-refractivity contribution >= 4 is 23.2 Å². The molecule has 144 valence electrons. The summed E-state index contributed by atoms with van der Waals surface area (Å²) in [6.07, 6.45) is -4.43. The zero-order valence-electron chi connectivity index (χ0n) is 14.6. The van der Waals surface area contributed by atoms with Gasteiger partial charge in [0.1, 0.15) is 5.75 Å². The van der Waals surface area contributed by atoms with Crippen LogP contribution >= 0.6 is 11.6 Å². The molecule has 27 heavy (non-hydrogen) atoms. The molecule has 0 bridgehead atoms. The Morgan fingerprint density at radius 1 is 1.07 bits per heavy atom. The number of anilines is 1. The highest BCUT2D eigenvalue weighted by Gasteiger charge is 2.32. The number of hydrogen-bond donors (Lipinski definition) is 0. The predicted molar refractivity (Wildman–Crippen MR) is 97.6 cm³/mol. The van der Waals surface area contributed by atoms with E-state index in [0.717, 1.165) is 12.1 Å². The van der Waals surface area contributed by atoms with E-state index in [2.05, 4.69) is 0 Å². The van der Waals surface area contributed by atoms with Crippen LogP contribution in [0.25, 0.3) is 0 Å². The molecule has 0 aromatic heterocycles. The molecule has 0 atom stereocenters. The number of amides is 1. The first-order chi connectivity index (χ1) is 12.8. The van der Waals surface area contributed by atoms with Crippen LogP contribution in [0.4, 0.5) is 18.9 Å². The number of methoxy groups -OCH3 is 1. The lowest BCUT2D eigenvalue weighted by Gasteiger charge is -2.36. The van der Waals surface area contributed by atoms with Crippen molar-refractivity contribution in [1.82, 2.24) is 4.90 Å². The van der Waals surface area contributed by atoms with Crippen molar-refractivity contribution in [2.45, 2.75) is 6.18 Å². The highest BCUT2D eigenvalue weighted by atomic mass is 35.5. The predicted octanol–water partition coefficient (Wildman–Crippen LogP) is 4.33. The Kier molecular flexibility index (Phi) is 5.51.